The van der Waals surface area contributed by atoms with Gasteiger partial charge in [0.15, 0.2) is 6.29 Å². The summed E-state index contributed by atoms with van der Waals surface area (Å²) >= 11 is 1.52. The first-order chi connectivity index (χ1) is 14.6. The lowest BCUT2D eigenvalue weighted by Crippen LogP contribution is -2.33. The number of aldehydes is 1. The van der Waals surface area contributed by atoms with Crippen molar-refractivity contribution in [2.45, 2.75) is 36.2 Å². The van der Waals surface area contributed by atoms with Crippen LogP contribution < -0.4 is 5.56 Å². The molecule has 0 N–H and O–H groups in total. The van der Waals surface area contributed by atoms with E-state index in [1.54, 1.807) is 0 Å². The average molecular weight is 420 g/mol. The molecule has 2 heterocycles. The Kier molecular flexibility index (Phi) is 4.74. The molecule has 1 saturated carbocycles. The van der Waals surface area contributed by atoms with Gasteiger partial charge < -0.3 is 4.74 Å². The molecule has 0 bridgehead atoms. The number of ether oxygens (including phenoxy) is 1. The molecule has 0 radical (unpaired) electrons. The summed E-state index contributed by atoms with van der Waals surface area (Å²) in [6.45, 7) is 0. The molecule has 0 spiro atoms. The number of esters is 1. The zero-order valence-corrected chi connectivity index (χ0v) is 17.4. The van der Waals surface area contributed by atoms with E-state index in [0.29, 0.717) is 24.4 Å². The van der Waals surface area contributed by atoms with E-state index in [2.05, 4.69) is 24.3 Å². The van der Waals surface area contributed by atoms with E-state index in [9.17, 15) is 14.4 Å². The maximum atomic E-state index is 13.3. The lowest BCUT2D eigenvalue weighted by Gasteiger charge is -2.19. The second-order valence-corrected chi connectivity index (χ2v) is 8.85. The third-order valence-electron chi connectivity index (χ3n) is 6.06. The van der Waals surface area contributed by atoms with E-state index in [0.717, 1.165) is 45.3 Å². The zero-order valence-electron chi connectivity index (χ0n) is 16.6. The summed E-state index contributed by atoms with van der Waals surface area (Å²) in [4.78, 5) is 37.7. The Labute approximate surface area is 178 Å². The van der Waals surface area contributed by atoms with Crippen LogP contribution in [0.2, 0.25) is 0 Å². The smallest absolute Gasteiger partial charge is 0.329 e. The van der Waals surface area contributed by atoms with E-state index in [4.69, 9.17) is 4.74 Å². The number of fused-ring (bicyclic) bond motifs is 2. The van der Waals surface area contributed by atoms with Crippen molar-refractivity contribution in [1.29, 1.82) is 0 Å². The highest BCUT2D eigenvalue weighted by molar-refractivity contribution is 7.99. The number of pyridine rings is 1. The van der Waals surface area contributed by atoms with E-state index in [-0.39, 0.29) is 11.1 Å². The van der Waals surface area contributed by atoms with Gasteiger partial charge in [-0.25, -0.2) is 4.79 Å². The molecular formula is C24H21NO4S. The van der Waals surface area contributed by atoms with E-state index >= 15 is 0 Å². The first-order valence-corrected chi connectivity index (χ1v) is 11.1. The Hall–Kier alpha value is -2.86. The number of carbonyl (C=O) groups is 2. The van der Waals surface area contributed by atoms with Gasteiger partial charge >= 0.3 is 5.97 Å². The van der Waals surface area contributed by atoms with E-state index < -0.39 is 12.0 Å². The molecular weight excluding hydrogens is 398 g/mol. The van der Waals surface area contributed by atoms with Crippen LogP contribution in [0.4, 0.5) is 0 Å². The Bertz CT molecular complexity index is 1240. The monoisotopic (exact) mass is 419 g/mol. The van der Waals surface area contributed by atoms with Gasteiger partial charge in [0.05, 0.1) is 17.7 Å². The van der Waals surface area contributed by atoms with Crippen LogP contribution >= 0.6 is 11.8 Å². The number of aromatic nitrogens is 1. The molecule has 5 rings (SSSR count). The third kappa shape index (κ3) is 2.98. The number of thioether (sulfide) groups is 1. The summed E-state index contributed by atoms with van der Waals surface area (Å²) in [7, 11) is 1.33. The second-order valence-electron chi connectivity index (χ2n) is 7.84. The topological polar surface area (TPSA) is 65.4 Å². The van der Waals surface area contributed by atoms with Crippen molar-refractivity contribution in [2.24, 2.45) is 0 Å². The van der Waals surface area contributed by atoms with E-state index in [1.807, 2.05) is 18.2 Å². The largest absolute Gasteiger partial charge is 0.467 e. The molecule has 0 unspecified atom stereocenters. The third-order valence-corrected chi connectivity index (χ3v) is 7.23. The molecule has 5 nitrogen and oxygen atoms in total. The summed E-state index contributed by atoms with van der Waals surface area (Å²) in [5.74, 6) is 0.348. The molecule has 1 aliphatic carbocycles. The number of benzene rings is 2. The highest BCUT2D eigenvalue weighted by atomic mass is 32.2. The summed E-state index contributed by atoms with van der Waals surface area (Å²) in [5, 5.41) is 3.09. The Morgan fingerprint density at radius 1 is 1.20 bits per heavy atom. The molecule has 1 aliphatic heterocycles. The molecule has 2 aliphatic rings. The molecule has 0 saturated heterocycles. The van der Waals surface area contributed by atoms with Gasteiger partial charge in [-0.05, 0) is 52.6 Å². The zero-order chi connectivity index (χ0) is 20.8. The minimum atomic E-state index is -0.676. The minimum Gasteiger partial charge on any atom is -0.467 e. The van der Waals surface area contributed by atoms with Gasteiger partial charge in [0.2, 0.25) is 0 Å². The predicted octanol–water partition coefficient (Wildman–Crippen LogP) is 4.10. The standard InChI is InChI=1S/C24H21NO4S/c1-29-24(28)20-13-30-23-21(15-9-10-15)18(19(12-26)22(27)25(20)23)11-16-7-4-6-14-5-2-3-8-17(14)16/h2-8,12,15,20H,9-11,13H2,1H3/t20-/m0/s1. The van der Waals surface area contributed by atoms with Crippen molar-refractivity contribution >= 4 is 34.8 Å². The first-order valence-electron chi connectivity index (χ1n) is 10.1. The lowest BCUT2D eigenvalue weighted by atomic mass is 9.92. The number of carbonyl (C=O) groups excluding carboxylic acids is 2. The molecule has 6 heteroatoms. The summed E-state index contributed by atoms with van der Waals surface area (Å²) in [5.41, 5.74) is 2.76. The summed E-state index contributed by atoms with van der Waals surface area (Å²) in [6.07, 6.45) is 3.26. The van der Waals surface area contributed by atoms with Gasteiger partial charge in [-0.3, -0.25) is 14.2 Å². The van der Waals surface area contributed by atoms with Crippen LogP contribution in [0.15, 0.2) is 52.3 Å². The lowest BCUT2D eigenvalue weighted by molar-refractivity contribution is -0.143. The maximum Gasteiger partial charge on any atom is 0.329 e. The minimum absolute atomic E-state index is 0.171. The van der Waals surface area contributed by atoms with Gasteiger partial charge in [0.25, 0.3) is 5.56 Å². The second kappa shape index (κ2) is 7.43. The molecule has 30 heavy (non-hydrogen) atoms. The Balaban J connectivity index is 1.73. The van der Waals surface area contributed by atoms with Crippen LogP contribution in [0.3, 0.4) is 0 Å². The average Bonchev–Trinajstić information content (AvgIpc) is 3.51. The highest BCUT2D eigenvalue weighted by Gasteiger charge is 2.39. The fraction of sp³-hybridized carbons (Fsp3) is 0.292. The van der Waals surface area contributed by atoms with Gasteiger partial charge in [-0.2, -0.15) is 0 Å². The van der Waals surface area contributed by atoms with Crippen LogP contribution in [-0.4, -0.2) is 29.7 Å². The predicted molar refractivity (Wildman–Crippen MR) is 117 cm³/mol. The number of nitrogens with zero attached hydrogens (tertiary/aromatic N) is 1. The van der Waals surface area contributed by atoms with Crippen LogP contribution in [0.5, 0.6) is 0 Å². The maximum absolute atomic E-state index is 13.3. The SMILES string of the molecule is COC(=O)[C@@H]1CSc2c(C3CC3)c(Cc3cccc4ccccc34)c(C=O)c(=O)n21. The van der Waals surface area contributed by atoms with Gasteiger partial charge in [-0.1, -0.05) is 42.5 Å². The van der Waals surface area contributed by atoms with Crippen molar-refractivity contribution in [1.82, 2.24) is 4.57 Å². The van der Waals surface area contributed by atoms with Crippen LogP contribution in [0.1, 0.15) is 51.8 Å². The quantitative estimate of drug-likeness (QED) is 0.460. The Morgan fingerprint density at radius 3 is 2.70 bits per heavy atom. The molecule has 3 aromatic rings. The van der Waals surface area contributed by atoms with Crippen molar-refractivity contribution in [3.8, 4) is 0 Å². The van der Waals surface area contributed by atoms with E-state index in [1.165, 1.54) is 23.4 Å². The number of hydrogen-bond acceptors (Lipinski definition) is 5. The number of methoxy groups -OCH3 is 1. The molecule has 1 fully saturated rings. The Morgan fingerprint density at radius 2 is 1.97 bits per heavy atom. The summed E-state index contributed by atoms with van der Waals surface area (Å²) < 4.78 is 6.41. The number of hydrogen-bond donors (Lipinski definition) is 0. The molecule has 1 atom stereocenters. The van der Waals surface area contributed by atoms with Crippen LogP contribution in [0.25, 0.3) is 10.8 Å². The fourth-order valence-corrected chi connectivity index (χ4v) is 5.86. The normalized spacial score (nSPS) is 17.7. The first kappa shape index (κ1) is 19.1. The van der Waals surface area contributed by atoms with Crippen LogP contribution in [-0.2, 0) is 16.0 Å². The summed E-state index contributed by atoms with van der Waals surface area (Å²) in [6, 6.07) is 13.6. The highest BCUT2D eigenvalue weighted by Crippen LogP contribution is 2.49. The van der Waals surface area contributed by atoms with Crippen molar-refractivity contribution in [3.63, 3.8) is 0 Å². The van der Waals surface area contributed by atoms with Gasteiger partial charge in [-0.15, -0.1) is 11.8 Å². The molecule has 1 aromatic heterocycles. The number of rotatable bonds is 5. The van der Waals surface area contributed by atoms with Crippen molar-refractivity contribution in [3.05, 3.63) is 75.1 Å². The van der Waals surface area contributed by atoms with Crippen molar-refractivity contribution < 1.29 is 14.3 Å². The van der Waals surface area contributed by atoms with Crippen LogP contribution in [0, 0.1) is 0 Å². The molecule has 152 valence electrons. The molecule has 0 amide bonds. The fourth-order valence-electron chi connectivity index (χ4n) is 4.47. The van der Waals surface area contributed by atoms with Crippen molar-refractivity contribution in [2.75, 3.05) is 12.9 Å². The van der Waals surface area contributed by atoms with Gasteiger partial charge in [0.1, 0.15) is 6.04 Å². The molecule has 2 aromatic carbocycles. The van der Waals surface area contributed by atoms with Gasteiger partial charge in [0, 0.05) is 5.75 Å².